The fraction of sp³-hybridized carbons (Fsp3) is 0.158. The first kappa shape index (κ1) is 16.6. The van der Waals surface area contributed by atoms with Gasteiger partial charge in [0.1, 0.15) is 28.4 Å². The average Bonchev–Trinajstić information content (AvgIpc) is 3.19. The van der Waals surface area contributed by atoms with Crippen LogP contribution in [-0.4, -0.2) is 18.5 Å². The van der Waals surface area contributed by atoms with Gasteiger partial charge in [0, 0.05) is 11.5 Å². The van der Waals surface area contributed by atoms with E-state index in [2.05, 4.69) is 0 Å². The Bertz CT molecular complexity index is 930. The second-order valence-electron chi connectivity index (χ2n) is 5.18. The van der Waals surface area contributed by atoms with Crippen LogP contribution in [0.1, 0.15) is 28.8 Å². The zero-order valence-corrected chi connectivity index (χ0v) is 13.8. The van der Waals surface area contributed by atoms with Crippen molar-refractivity contribution in [1.82, 2.24) is 0 Å². The van der Waals surface area contributed by atoms with Crippen LogP contribution in [0.15, 0.2) is 51.5 Å². The van der Waals surface area contributed by atoms with E-state index in [1.807, 2.05) is 0 Å². The molecule has 128 valence electrons. The molecule has 3 aromatic rings. The van der Waals surface area contributed by atoms with Gasteiger partial charge in [0.2, 0.25) is 0 Å². The molecule has 6 heteroatoms. The van der Waals surface area contributed by atoms with Crippen LogP contribution in [0, 0.1) is 6.92 Å². The highest BCUT2D eigenvalue weighted by Gasteiger charge is 2.20. The van der Waals surface area contributed by atoms with Crippen molar-refractivity contribution >= 4 is 29.0 Å². The standard InChI is InChI=1S/C19H16O6/c1-3-22-19(21)18-12(2)24-16-8-6-14(11-15(16)18)25-17(20)9-7-13-5-4-10-23-13/h4-11H,3H2,1-2H3. The summed E-state index contributed by atoms with van der Waals surface area (Å²) in [4.78, 5) is 24.0. The van der Waals surface area contributed by atoms with Crippen molar-refractivity contribution in [3.63, 3.8) is 0 Å². The maximum atomic E-state index is 12.1. The fourth-order valence-electron chi connectivity index (χ4n) is 2.41. The van der Waals surface area contributed by atoms with Gasteiger partial charge in [0.25, 0.3) is 0 Å². The summed E-state index contributed by atoms with van der Waals surface area (Å²) >= 11 is 0. The summed E-state index contributed by atoms with van der Waals surface area (Å²) in [5, 5.41) is 0.538. The topological polar surface area (TPSA) is 78.9 Å². The van der Waals surface area contributed by atoms with E-state index in [1.54, 1.807) is 44.2 Å². The molecule has 0 radical (unpaired) electrons. The highest BCUT2D eigenvalue weighted by Crippen LogP contribution is 2.29. The molecule has 0 amide bonds. The summed E-state index contributed by atoms with van der Waals surface area (Å²) in [6, 6.07) is 8.26. The normalized spacial score (nSPS) is 11.1. The Balaban J connectivity index is 1.84. The molecule has 0 bridgehead atoms. The number of carbonyl (C=O) groups is 2. The first-order valence-corrected chi connectivity index (χ1v) is 7.72. The van der Waals surface area contributed by atoms with Gasteiger partial charge in [0.05, 0.1) is 12.9 Å². The summed E-state index contributed by atoms with van der Waals surface area (Å²) in [6.07, 6.45) is 4.28. The van der Waals surface area contributed by atoms with Crippen molar-refractivity contribution in [1.29, 1.82) is 0 Å². The van der Waals surface area contributed by atoms with E-state index in [9.17, 15) is 9.59 Å². The van der Waals surface area contributed by atoms with Gasteiger partial charge >= 0.3 is 11.9 Å². The third-order valence-electron chi connectivity index (χ3n) is 3.46. The van der Waals surface area contributed by atoms with Gasteiger partial charge in [-0.15, -0.1) is 0 Å². The molecule has 6 nitrogen and oxygen atoms in total. The van der Waals surface area contributed by atoms with Crippen molar-refractivity contribution in [3.8, 4) is 5.75 Å². The van der Waals surface area contributed by atoms with Crippen LogP contribution in [0.2, 0.25) is 0 Å². The molecule has 0 spiro atoms. The maximum absolute atomic E-state index is 12.1. The van der Waals surface area contributed by atoms with Crippen LogP contribution >= 0.6 is 0 Å². The fourth-order valence-corrected chi connectivity index (χ4v) is 2.41. The molecular weight excluding hydrogens is 324 g/mol. The minimum atomic E-state index is -0.561. The Morgan fingerprint density at radius 1 is 1.24 bits per heavy atom. The molecule has 0 saturated carbocycles. The first-order chi connectivity index (χ1) is 12.1. The van der Waals surface area contributed by atoms with Crippen LogP contribution in [0.25, 0.3) is 17.0 Å². The van der Waals surface area contributed by atoms with E-state index >= 15 is 0 Å². The summed E-state index contributed by atoms with van der Waals surface area (Å²) in [5.41, 5.74) is 0.854. The van der Waals surface area contributed by atoms with Crippen molar-refractivity contribution in [2.24, 2.45) is 0 Å². The molecule has 2 aromatic heterocycles. The summed E-state index contributed by atoms with van der Waals surface area (Å²) in [7, 11) is 0. The number of carbonyl (C=O) groups excluding carboxylic acids is 2. The minimum Gasteiger partial charge on any atom is -0.465 e. The molecule has 0 aliphatic rings. The minimum absolute atomic E-state index is 0.261. The Labute approximate surface area is 143 Å². The number of furan rings is 2. The molecule has 0 aliphatic carbocycles. The van der Waals surface area contributed by atoms with Gasteiger partial charge in [-0.2, -0.15) is 0 Å². The van der Waals surface area contributed by atoms with E-state index in [0.717, 1.165) is 0 Å². The van der Waals surface area contributed by atoms with E-state index in [0.29, 0.717) is 33.8 Å². The number of ether oxygens (including phenoxy) is 2. The number of hydrogen-bond donors (Lipinski definition) is 0. The molecule has 0 atom stereocenters. The van der Waals surface area contributed by atoms with Gasteiger partial charge in [-0.05, 0) is 50.3 Å². The van der Waals surface area contributed by atoms with Crippen molar-refractivity contribution < 1.29 is 27.9 Å². The summed E-state index contributed by atoms with van der Waals surface area (Å²) < 4.78 is 21.0. The van der Waals surface area contributed by atoms with Crippen LogP contribution in [-0.2, 0) is 9.53 Å². The molecule has 2 heterocycles. The van der Waals surface area contributed by atoms with Gasteiger partial charge in [-0.3, -0.25) is 0 Å². The lowest BCUT2D eigenvalue weighted by atomic mass is 10.1. The van der Waals surface area contributed by atoms with E-state index in [-0.39, 0.29) is 6.61 Å². The Kier molecular flexibility index (Phi) is 4.70. The molecule has 25 heavy (non-hydrogen) atoms. The Morgan fingerprint density at radius 3 is 2.80 bits per heavy atom. The highest BCUT2D eigenvalue weighted by molar-refractivity contribution is 6.05. The zero-order valence-electron chi connectivity index (χ0n) is 13.8. The molecular formula is C19H16O6. The Morgan fingerprint density at radius 2 is 2.08 bits per heavy atom. The van der Waals surface area contributed by atoms with Crippen molar-refractivity contribution in [2.45, 2.75) is 13.8 Å². The third kappa shape index (κ3) is 3.63. The van der Waals surface area contributed by atoms with Gasteiger partial charge in [0.15, 0.2) is 0 Å². The summed E-state index contributed by atoms with van der Waals surface area (Å²) in [6.45, 7) is 3.68. The lowest BCUT2D eigenvalue weighted by Crippen LogP contribution is -2.06. The lowest BCUT2D eigenvalue weighted by molar-refractivity contribution is -0.128. The summed E-state index contributed by atoms with van der Waals surface area (Å²) in [5.74, 6) is 0.263. The van der Waals surface area contributed by atoms with Crippen molar-refractivity contribution in [2.75, 3.05) is 6.61 Å². The van der Waals surface area contributed by atoms with Crippen LogP contribution in [0.4, 0.5) is 0 Å². The van der Waals surface area contributed by atoms with E-state index in [4.69, 9.17) is 18.3 Å². The Hall–Kier alpha value is -3.28. The largest absolute Gasteiger partial charge is 0.465 e. The average molecular weight is 340 g/mol. The van der Waals surface area contributed by atoms with Gasteiger partial charge in [-0.1, -0.05) is 0 Å². The highest BCUT2D eigenvalue weighted by atomic mass is 16.5. The number of rotatable bonds is 5. The molecule has 0 N–H and O–H groups in total. The number of aryl methyl sites for hydroxylation is 1. The number of fused-ring (bicyclic) bond motifs is 1. The predicted octanol–water partition coefficient (Wildman–Crippen LogP) is 4.13. The number of esters is 2. The molecule has 0 fully saturated rings. The van der Waals surface area contributed by atoms with E-state index < -0.39 is 11.9 Å². The lowest BCUT2D eigenvalue weighted by Gasteiger charge is -2.03. The SMILES string of the molecule is CCOC(=O)c1c(C)oc2ccc(OC(=O)C=Cc3ccco3)cc12. The molecule has 3 rings (SSSR count). The number of benzene rings is 1. The second kappa shape index (κ2) is 7.09. The molecule has 1 aromatic carbocycles. The maximum Gasteiger partial charge on any atom is 0.342 e. The van der Waals surface area contributed by atoms with Gasteiger partial charge in [-0.25, -0.2) is 9.59 Å². The zero-order chi connectivity index (χ0) is 17.8. The van der Waals surface area contributed by atoms with Crippen LogP contribution < -0.4 is 4.74 Å². The van der Waals surface area contributed by atoms with E-state index in [1.165, 1.54) is 18.4 Å². The predicted molar refractivity (Wildman–Crippen MR) is 90.3 cm³/mol. The molecule has 0 saturated heterocycles. The molecule has 0 unspecified atom stereocenters. The van der Waals surface area contributed by atoms with Crippen LogP contribution in [0.3, 0.4) is 0 Å². The van der Waals surface area contributed by atoms with Crippen molar-refractivity contribution in [3.05, 3.63) is 59.8 Å². The number of hydrogen-bond acceptors (Lipinski definition) is 6. The third-order valence-corrected chi connectivity index (χ3v) is 3.46. The smallest absolute Gasteiger partial charge is 0.342 e. The molecule has 0 aliphatic heterocycles. The second-order valence-corrected chi connectivity index (χ2v) is 5.18. The van der Waals surface area contributed by atoms with Gasteiger partial charge < -0.3 is 18.3 Å². The monoisotopic (exact) mass is 340 g/mol. The quantitative estimate of drug-likeness (QED) is 0.395. The first-order valence-electron chi connectivity index (χ1n) is 7.72. The van der Waals surface area contributed by atoms with Crippen LogP contribution in [0.5, 0.6) is 5.75 Å².